The Morgan fingerprint density at radius 3 is 2.32 bits per heavy atom. The van der Waals surface area contributed by atoms with Gasteiger partial charge in [0.25, 0.3) is 5.91 Å². The van der Waals surface area contributed by atoms with E-state index in [1.54, 1.807) is 49.4 Å². The molecule has 0 aliphatic heterocycles. The summed E-state index contributed by atoms with van der Waals surface area (Å²) >= 11 is 6.16. The second-order valence-electron chi connectivity index (χ2n) is 6.79. The molecule has 0 saturated heterocycles. The molecular weight excluding hydrogens is 440 g/mol. The molecule has 3 rings (SSSR count). The molecule has 0 unspecified atom stereocenters. The van der Waals surface area contributed by atoms with Gasteiger partial charge in [0.05, 0.1) is 21.3 Å². The molecule has 7 nitrogen and oxygen atoms in total. The lowest BCUT2D eigenvalue weighted by molar-refractivity contribution is -0.113. The molecule has 0 atom stereocenters. The van der Waals surface area contributed by atoms with E-state index in [-0.39, 0.29) is 27.0 Å². The number of aryl methyl sites for hydroxylation is 1. The molecule has 0 aliphatic rings. The van der Waals surface area contributed by atoms with Crippen molar-refractivity contribution < 1.29 is 23.1 Å². The van der Waals surface area contributed by atoms with Gasteiger partial charge in [-0.3, -0.25) is 9.59 Å². The third-order valence-corrected chi connectivity index (χ3v) is 6.24. The summed E-state index contributed by atoms with van der Waals surface area (Å²) in [5.41, 5.74) is 1.20. The van der Waals surface area contributed by atoms with Crippen LogP contribution in [-0.2, 0) is 14.6 Å². The van der Waals surface area contributed by atoms with Crippen molar-refractivity contribution in [2.45, 2.75) is 11.8 Å². The lowest BCUT2D eigenvalue weighted by Crippen LogP contribution is -2.23. The Morgan fingerprint density at radius 1 is 0.935 bits per heavy atom. The van der Waals surface area contributed by atoms with Gasteiger partial charge in [-0.1, -0.05) is 41.9 Å². The van der Waals surface area contributed by atoms with E-state index in [0.29, 0.717) is 5.56 Å². The monoisotopic (exact) mass is 458 g/mol. The predicted molar refractivity (Wildman–Crippen MR) is 119 cm³/mol. The standard InChI is InChI=1S/C22H19ClN2O5S/c1-14-6-5-9-16(10-14)31(29,30)13-21(27)24-18-12-20(26)19(11-17(18)23)25-22(28)15-7-3-2-4-8-15/h2-12,26H,13H2,1H3,(H,24,27)(H,25,28). The van der Waals surface area contributed by atoms with Crippen LogP contribution in [0.5, 0.6) is 5.75 Å². The van der Waals surface area contributed by atoms with E-state index in [9.17, 15) is 23.1 Å². The number of nitrogens with one attached hydrogen (secondary N) is 2. The highest BCUT2D eigenvalue weighted by atomic mass is 35.5. The summed E-state index contributed by atoms with van der Waals surface area (Å²) in [5.74, 6) is -2.40. The van der Waals surface area contributed by atoms with E-state index in [1.807, 2.05) is 0 Å². The Labute approximate surface area is 184 Å². The molecule has 0 radical (unpaired) electrons. The fraction of sp³-hybridized carbons (Fsp3) is 0.0909. The average molecular weight is 459 g/mol. The molecule has 3 aromatic carbocycles. The number of sulfone groups is 1. The van der Waals surface area contributed by atoms with Crippen molar-refractivity contribution in [3.8, 4) is 5.75 Å². The van der Waals surface area contributed by atoms with Gasteiger partial charge in [-0.05, 0) is 42.8 Å². The fourth-order valence-corrected chi connectivity index (χ4v) is 4.24. The maximum absolute atomic E-state index is 12.5. The molecule has 0 spiro atoms. The van der Waals surface area contributed by atoms with Crippen molar-refractivity contribution in [3.63, 3.8) is 0 Å². The minimum atomic E-state index is -3.85. The van der Waals surface area contributed by atoms with Crippen molar-refractivity contribution in [1.29, 1.82) is 0 Å². The zero-order valence-corrected chi connectivity index (χ0v) is 18.0. The maximum Gasteiger partial charge on any atom is 0.255 e. The van der Waals surface area contributed by atoms with Crippen LogP contribution >= 0.6 is 11.6 Å². The van der Waals surface area contributed by atoms with Crippen LogP contribution in [0, 0.1) is 6.92 Å². The van der Waals surface area contributed by atoms with E-state index in [4.69, 9.17) is 11.6 Å². The number of hydrogen-bond donors (Lipinski definition) is 3. The first-order chi connectivity index (χ1) is 14.7. The first-order valence-corrected chi connectivity index (χ1v) is 11.2. The van der Waals surface area contributed by atoms with Crippen molar-refractivity contribution in [3.05, 3.63) is 82.9 Å². The van der Waals surface area contributed by atoms with Gasteiger partial charge >= 0.3 is 0 Å². The summed E-state index contributed by atoms with van der Waals surface area (Å²) in [5, 5.41) is 15.2. The highest BCUT2D eigenvalue weighted by Crippen LogP contribution is 2.34. The number of carbonyl (C=O) groups is 2. The van der Waals surface area contributed by atoms with Crippen molar-refractivity contribution >= 4 is 44.6 Å². The van der Waals surface area contributed by atoms with Crippen LogP contribution in [0.1, 0.15) is 15.9 Å². The molecule has 3 aromatic rings. The third-order valence-electron chi connectivity index (χ3n) is 4.31. The number of anilines is 2. The smallest absolute Gasteiger partial charge is 0.255 e. The zero-order chi connectivity index (χ0) is 22.6. The Morgan fingerprint density at radius 2 is 1.65 bits per heavy atom. The van der Waals surface area contributed by atoms with E-state index in [0.717, 1.165) is 11.6 Å². The number of hydrogen-bond acceptors (Lipinski definition) is 5. The normalized spacial score (nSPS) is 11.0. The number of carbonyl (C=O) groups excluding carboxylic acids is 2. The summed E-state index contributed by atoms with van der Waals surface area (Å²) in [6.07, 6.45) is 0. The summed E-state index contributed by atoms with van der Waals surface area (Å²) in [6.45, 7) is 1.75. The van der Waals surface area contributed by atoms with Gasteiger partial charge in [0, 0.05) is 11.6 Å². The zero-order valence-electron chi connectivity index (χ0n) is 16.4. The van der Waals surface area contributed by atoms with Gasteiger partial charge in [-0.25, -0.2) is 8.42 Å². The van der Waals surface area contributed by atoms with Gasteiger partial charge in [-0.15, -0.1) is 0 Å². The second-order valence-corrected chi connectivity index (χ2v) is 9.19. The number of phenols is 1. The van der Waals surface area contributed by atoms with Gasteiger partial charge in [0.1, 0.15) is 11.5 Å². The quantitative estimate of drug-likeness (QED) is 0.483. The molecule has 0 heterocycles. The van der Waals surface area contributed by atoms with Crippen LogP contribution in [0.25, 0.3) is 0 Å². The van der Waals surface area contributed by atoms with Crippen LogP contribution in [0.15, 0.2) is 71.6 Å². The minimum Gasteiger partial charge on any atom is -0.506 e. The summed E-state index contributed by atoms with van der Waals surface area (Å²) in [4.78, 5) is 24.6. The Balaban J connectivity index is 1.73. The lowest BCUT2D eigenvalue weighted by atomic mass is 10.2. The number of aromatic hydroxyl groups is 1. The molecule has 0 aromatic heterocycles. The van der Waals surface area contributed by atoms with Gasteiger partial charge in [0.2, 0.25) is 5.91 Å². The SMILES string of the molecule is Cc1cccc(S(=O)(=O)CC(=O)Nc2cc(O)c(NC(=O)c3ccccc3)cc2Cl)c1. The molecule has 0 saturated carbocycles. The largest absolute Gasteiger partial charge is 0.506 e. The van der Waals surface area contributed by atoms with E-state index < -0.39 is 27.4 Å². The van der Waals surface area contributed by atoms with Crippen molar-refractivity contribution in [1.82, 2.24) is 0 Å². The minimum absolute atomic E-state index is 0.0151. The number of rotatable bonds is 6. The first-order valence-electron chi connectivity index (χ1n) is 9.14. The summed E-state index contributed by atoms with van der Waals surface area (Å²) in [6, 6.07) is 17.0. The van der Waals surface area contributed by atoms with Crippen LogP contribution in [0.2, 0.25) is 5.02 Å². The topological polar surface area (TPSA) is 113 Å². The molecule has 0 aliphatic carbocycles. The van der Waals surface area contributed by atoms with Crippen molar-refractivity contribution in [2.75, 3.05) is 16.4 Å². The van der Waals surface area contributed by atoms with Gasteiger partial charge in [0.15, 0.2) is 9.84 Å². The molecule has 31 heavy (non-hydrogen) atoms. The third kappa shape index (κ3) is 5.62. The highest BCUT2D eigenvalue weighted by molar-refractivity contribution is 7.92. The molecule has 3 N–H and O–H groups in total. The molecule has 0 fully saturated rings. The second kappa shape index (κ2) is 9.20. The number of phenolic OH excluding ortho intramolecular Hbond substituents is 1. The van der Waals surface area contributed by atoms with E-state index in [1.165, 1.54) is 18.2 Å². The molecule has 0 bridgehead atoms. The number of halogens is 1. The summed E-state index contributed by atoms with van der Waals surface area (Å²) in [7, 11) is -3.85. The van der Waals surface area contributed by atoms with Crippen LogP contribution in [0.3, 0.4) is 0 Å². The maximum atomic E-state index is 12.5. The molecule has 2 amide bonds. The van der Waals surface area contributed by atoms with Crippen molar-refractivity contribution in [2.24, 2.45) is 0 Å². The van der Waals surface area contributed by atoms with Gasteiger partial charge < -0.3 is 15.7 Å². The Hall–Kier alpha value is -3.36. The molecular formula is C22H19ClN2O5S. The van der Waals surface area contributed by atoms with Crippen LogP contribution in [-0.4, -0.2) is 31.1 Å². The van der Waals surface area contributed by atoms with E-state index in [2.05, 4.69) is 10.6 Å². The fourth-order valence-electron chi connectivity index (χ4n) is 2.79. The Kier molecular flexibility index (Phi) is 6.62. The number of amides is 2. The average Bonchev–Trinajstić information content (AvgIpc) is 2.72. The Bertz CT molecular complexity index is 1240. The highest BCUT2D eigenvalue weighted by Gasteiger charge is 2.21. The van der Waals surface area contributed by atoms with E-state index >= 15 is 0 Å². The first kappa shape index (κ1) is 22.3. The van der Waals surface area contributed by atoms with Crippen LogP contribution in [0.4, 0.5) is 11.4 Å². The number of benzene rings is 3. The molecule has 9 heteroatoms. The lowest BCUT2D eigenvalue weighted by Gasteiger charge is -2.12. The molecule has 160 valence electrons. The van der Waals surface area contributed by atoms with Gasteiger partial charge in [-0.2, -0.15) is 0 Å². The van der Waals surface area contributed by atoms with Crippen LogP contribution < -0.4 is 10.6 Å². The predicted octanol–water partition coefficient (Wildman–Crippen LogP) is 4.02. The summed E-state index contributed by atoms with van der Waals surface area (Å²) < 4.78 is 24.9.